The van der Waals surface area contributed by atoms with E-state index in [0.29, 0.717) is 24.0 Å². The molecule has 3 aromatic heterocycles. The third-order valence-electron chi connectivity index (χ3n) is 5.54. The molecule has 3 aromatic rings. The number of amides is 1. The van der Waals surface area contributed by atoms with Gasteiger partial charge in [0.15, 0.2) is 0 Å². The highest BCUT2D eigenvalue weighted by Gasteiger charge is 2.28. The van der Waals surface area contributed by atoms with Crippen LogP contribution < -0.4 is 15.2 Å². The molecule has 4 heterocycles. The fraction of sp³-hybridized carbons (Fsp3) is 0.261. The van der Waals surface area contributed by atoms with Crippen molar-refractivity contribution in [1.82, 2.24) is 19.4 Å². The van der Waals surface area contributed by atoms with E-state index in [1.165, 1.54) is 20.3 Å². The first-order valence-corrected chi connectivity index (χ1v) is 10.0. The van der Waals surface area contributed by atoms with Gasteiger partial charge in [0.2, 0.25) is 17.5 Å². The monoisotopic (exact) mass is 453 g/mol. The van der Waals surface area contributed by atoms with Crippen molar-refractivity contribution in [2.24, 2.45) is 0 Å². The summed E-state index contributed by atoms with van der Waals surface area (Å²) in [6.07, 6.45) is 5.34. The number of methoxy groups -OCH3 is 2. The molecule has 0 spiro atoms. The number of nitrogens with zero attached hydrogens (tertiary/aromatic N) is 4. The van der Waals surface area contributed by atoms with Crippen LogP contribution >= 0.6 is 0 Å². The zero-order valence-corrected chi connectivity index (χ0v) is 18.1. The average Bonchev–Trinajstić information content (AvgIpc) is 3.44. The van der Waals surface area contributed by atoms with Crippen LogP contribution in [0.3, 0.4) is 0 Å². The predicted octanol–water partition coefficient (Wildman–Crippen LogP) is 2.67. The van der Waals surface area contributed by atoms with Crippen molar-refractivity contribution < 1.29 is 23.0 Å². The normalized spacial score (nSPS) is 15.3. The lowest BCUT2D eigenvalue weighted by atomic mass is 10.1. The van der Waals surface area contributed by atoms with E-state index in [1.807, 2.05) is 4.57 Å². The molecular formula is C23H21F2N5O3. The number of pyridine rings is 2. The van der Waals surface area contributed by atoms with Crippen LogP contribution in [0.2, 0.25) is 0 Å². The fourth-order valence-electron chi connectivity index (χ4n) is 3.94. The Morgan fingerprint density at radius 2 is 1.97 bits per heavy atom. The lowest BCUT2D eigenvalue weighted by Gasteiger charge is -2.16. The van der Waals surface area contributed by atoms with Crippen LogP contribution in [0, 0.1) is 23.5 Å². The number of anilines is 1. The van der Waals surface area contributed by atoms with Gasteiger partial charge in [-0.15, -0.1) is 0 Å². The number of nitrogen functional groups attached to an aromatic ring is 1. The van der Waals surface area contributed by atoms with Crippen LogP contribution in [0.15, 0.2) is 31.1 Å². The van der Waals surface area contributed by atoms with Gasteiger partial charge in [-0.25, -0.2) is 4.98 Å². The molecule has 1 fully saturated rings. The second-order valence-electron chi connectivity index (χ2n) is 7.35. The van der Waals surface area contributed by atoms with Crippen LogP contribution in [0.25, 0.3) is 10.9 Å². The maximum absolute atomic E-state index is 14.7. The molecule has 1 saturated heterocycles. The number of ether oxygens (including phenoxy) is 2. The molecule has 1 aliphatic rings. The van der Waals surface area contributed by atoms with Gasteiger partial charge in [-0.1, -0.05) is 18.4 Å². The molecular weight excluding hydrogens is 432 g/mol. The summed E-state index contributed by atoms with van der Waals surface area (Å²) in [4.78, 5) is 21.5. The van der Waals surface area contributed by atoms with Crippen LogP contribution in [0.1, 0.15) is 23.6 Å². The highest BCUT2D eigenvalue weighted by atomic mass is 19.1. The average molecular weight is 453 g/mol. The number of carbonyl (C=O) groups is 1. The van der Waals surface area contributed by atoms with E-state index in [-0.39, 0.29) is 17.8 Å². The van der Waals surface area contributed by atoms with Gasteiger partial charge in [-0.2, -0.15) is 13.8 Å². The Labute approximate surface area is 188 Å². The SMILES string of the molecule is C=CC(=O)N1CCC(n2cc(C#Cc3c(F)c(OC)nc(OC)c3F)c3c(N)nccc32)C1. The first-order valence-electron chi connectivity index (χ1n) is 10.0. The van der Waals surface area contributed by atoms with E-state index in [2.05, 4.69) is 28.4 Å². The molecule has 2 N–H and O–H groups in total. The Morgan fingerprint density at radius 1 is 1.27 bits per heavy atom. The van der Waals surface area contributed by atoms with Crippen molar-refractivity contribution in [1.29, 1.82) is 0 Å². The summed E-state index contributed by atoms with van der Waals surface area (Å²) in [5.74, 6) is 2.51. The molecule has 1 atom stereocenters. The maximum atomic E-state index is 14.7. The third kappa shape index (κ3) is 3.82. The molecule has 0 radical (unpaired) electrons. The van der Waals surface area contributed by atoms with Crippen molar-refractivity contribution in [3.05, 3.63) is 53.9 Å². The number of halogens is 2. The van der Waals surface area contributed by atoms with Gasteiger partial charge in [0.1, 0.15) is 11.4 Å². The molecule has 0 aromatic carbocycles. The van der Waals surface area contributed by atoms with Gasteiger partial charge in [-0.05, 0) is 18.6 Å². The van der Waals surface area contributed by atoms with Gasteiger partial charge < -0.3 is 24.7 Å². The van der Waals surface area contributed by atoms with E-state index >= 15 is 0 Å². The number of likely N-dealkylation sites (tertiary alicyclic amines) is 1. The fourth-order valence-corrected chi connectivity index (χ4v) is 3.94. The first kappa shape index (κ1) is 22.1. The highest BCUT2D eigenvalue weighted by molar-refractivity contribution is 5.95. The van der Waals surface area contributed by atoms with Gasteiger partial charge in [0.05, 0.1) is 36.7 Å². The van der Waals surface area contributed by atoms with E-state index in [9.17, 15) is 13.6 Å². The Kier molecular flexibility index (Phi) is 5.87. The number of hydrogen-bond donors (Lipinski definition) is 1. The van der Waals surface area contributed by atoms with Crippen LogP contribution in [-0.2, 0) is 4.79 Å². The van der Waals surface area contributed by atoms with Gasteiger partial charge in [0, 0.05) is 25.5 Å². The number of rotatable bonds is 4. The van der Waals surface area contributed by atoms with Crippen molar-refractivity contribution in [2.75, 3.05) is 33.0 Å². The number of aromatic nitrogens is 3. The second kappa shape index (κ2) is 8.78. The molecule has 10 heteroatoms. The summed E-state index contributed by atoms with van der Waals surface area (Å²) in [6.45, 7) is 4.61. The van der Waals surface area contributed by atoms with E-state index in [0.717, 1.165) is 11.9 Å². The quantitative estimate of drug-likeness (QED) is 0.482. The van der Waals surface area contributed by atoms with Crippen molar-refractivity contribution in [2.45, 2.75) is 12.5 Å². The molecule has 1 aliphatic heterocycles. The number of carbonyl (C=O) groups excluding carboxylic acids is 1. The summed E-state index contributed by atoms with van der Waals surface area (Å²) in [7, 11) is 2.42. The summed E-state index contributed by atoms with van der Waals surface area (Å²) in [6, 6.07) is 1.76. The molecule has 1 amide bonds. The summed E-state index contributed by atoms with van der Waals surface area (Å²) >= 11 is 0. The van der Waals surface area contributed by atoms with Crippen LogP contribution in [0.5, 0.6) is 11.8 Å². The zero-order valence-electron chi connectivity index (χ0n) is 18.1. The number of fused-ring (bicyclic) bond motifs is 1. The third-order valence-corrected chi connectivity index (χ3v) is 5.54. The molecule has 4 rings (SSSR count). The van der Waals surface area contributed by atoms with E-state index in [1.54, 1.807) is 23.4 Å². The number of hydrogen-bond acceptors (Lipinski definition) is 6. The largest absolute Gasteiger partial charge is 0.479 e. The molecule has 0 bridgehead atoms. The minimum absolute atomic E-state index is 0.0247. The lowest BCUT2D eigenvalue weighted by Crippen LogP contribution is -2.27. The van der Waals surface area contributed by atoms with Crippen molar-refractivity contribution in [3.63, 3.8) is 0 Å². The minimum Gasteiger partial charge on any atom is -0.479 e. The summed E-state index contributed by atoms with van der Waals surface area (Å²) < 4.78 is 41.0. The smallest absolute Gasteiger partial charge is 0.254 e. The Balaban J connectivity index is 1.82. The highest BCUT2D eigenvalue weighted by Crippen LogP contribution is 2.32. The van der Waals surface area contributed by atoms with Gasteiger partial charge in [0.25, 0.3) is 11.8 Å². The van der Waals surface area contributed by atoms with E-state index < -0.39 is 29.0 Å². The predicted molar refractivity (Wildman–Crippen MR) is 118 cm³/mol. The van der Waals surface area contributed by atoms with Gasteiger partial charge in [-0.3, -0.25) is 4.79 Å². The second-order valence-corrected chi connectivity index (χ2v) is 7.35. The zero-order chi connectivity index (χ0) is 23.7. The molecule has 0 aliphatic carbocycles. The minimum atomic E-state index is -1.03. The van der Waals surface area contributed by atoms with Crippen LogP contribution in [0.4, 0.5) is 14.6 Å². The molecule has 8 nitrogen and oxygen atoms in total. The Bertz CT molecular complexity index is 1300. The first-order chi connectivity index (χ1) is 15.9. The summed E-state index contributed by atoms with van der Waals surface area (Å²) in [5.41, 5.74) is 6.78. The molecule has 0 saturated carbocycles. The standard InChI is InChI=1S/C23H21F2N5O3/c1-4-17(31)29-10-8-14(12-29)30-11-13(18-16(30)7-9-27-21(18)26)5-6-15-19(24)22(32-2)28-23(33-3)20(15)25/h4,7,9,11,14H,1,8,10,12H2,2-3H3,(H2,26,27). The van der Waals surface area contributed by atoms with Crippen molar-refractivity contribution in [3.8, 4) is 23.6 Å². The van der Waals surface area contributed by atoms with Crippen LogP contribution in [-0.4, -0.2) is 52.7 Å². The number of nitrogens with two attached hydrogens (primary N) is 1. The maximum Gasteiger partial charge on any atom is 0.254 e. The molecule has 170 valence electrons. The van der Waals surface area contributed by atoms with Crippen molar-refractivity contribution >= 4 is 22.6 Å². The lowest BCUT2D eigenvalue weighted by molar-refractivity contribution is -0.125. The molecule has 1 unspecified atom stereocenters. The topological polar surface area (TPSA) is 95.5 Å². The Morgan fingerprint density at radius 3 is 2.61 bits per heavy atom. The summed E-state index contributed by atoms with van der Waals surface area (Å²) in [5, 5.41) is 0.562. The van der Waals surface area contributed by atoms with Gasteiger partial charge >= 0.3 is 0 Å². The molecule has 33 heavy (non-hydrogen) atoms. The Hall–Kier alpha value is -4.13. The van der Waals surface area contributed by atoms with E-state index in [4.69, 9.17) is 15.2 Å².